The molecule has 15 heavy (non-hydrogen) atoms. The van der Waals surface area contributed by atoms with Crippen molar-refractivity contribution in [3.8, 4) is 0 Å². The molecule has 0 spiro atoms. The fourth-order valence-corrected chi connectivity index (χ4v) is 2.27. The van der Waals surface area contributed by atoms with Crippen LogP contribution in [0.25, 0.3) is 12.2 Å². The molecule has 0 bridgehead atoms. The predicted molar refractivity (Wildman–Crippen MR) is 66.9 cm³/mol. The van der Waals surface area contributed by atoms with Crippen molar-refractivity contribution in [3.63, 3.8) is 0 Å². The lowest BCUT2D eigenvalue weighted by molar-refractivity contribution is 0.667. The highest BCUT2D eigenvalue weighted by molar-refractivity contribution is 5.53. The Bertz CT molecular complexity index is 528. The van der Waals surface area contributed by atoms with E-state index in [-0.39, 0.29) is 5.41 Å². The number of aryl methyl sites for hydroxylation is 1. The minimum atomic E-state index is 0.152. The van der Waals surface area contributed by atoms with E-state index in [2.05, 4.69) is 64.1 Å². The van der Waals surface area contributed by atoms with Crippen molar-refractivity contribution in [3.05, 3.63) is 45.8 Å². The standard InChI is InChI=1S/C15H18/c1-11-5-6-13-8-12(2)9-15(3,4)10-14(13)7-11/h5-10H,1-4H3. The van der Waals surface area contributed by atoms with Gasteiger partial charge in [0.05, 0.1) is 0 Å². The zero-order chi connectivity index (χ0) is 11.1. The number of rotatable bonds is 0. The predicted octanol–water partition coefficient (Wildman–Crippen LogP) is 2.54. The summed E-state index contributed by atoms with van der Waals surface area (Å²) in [7, 11) is 0. The number of hydrogen-bond donors (Lipinski definition) is 0. The van der Waals surface area contributed by atoms with Gasteiger partial charge >= 0.3 is 0 Å². The molecule has 0 unspecified atom stereocenters. The number of hydrogen-bond acceptors (Lipinski definition) is 0. The monoisotopic (exact) mass is 198 g/mol. The van der Waals surface area contributed by atoms with Crippen molar-refractivity contribution in [2.75, 3.05) is 0 Å². The van der Waals surface area contributed by atoms with Gasteiger partial charge in [-0.05, 0) is 24.3 Å². The molecule has 0 heterocycles. The van der Waals surface area contributed by atoms with E-state index in [0.717, 1.165) is 0 Å². The molecular weight excluding hydrogens is 180 g/mol. The highest BCUT2D eigenvalue weighted by Crippen LogP contribution is 2.22. The number of benzene rings is 1. The van der Waals surface area contributed by atoms with E-state index < -0.39 is 0 Å². The molecule has 0 radical (unpaired) electrons. The lowest BCUT2D eigenvalue weighted by Gasteiger charge is -2.14. The van der Waals surface area contributed by atoms with Crippen LogP contribution in [0, 0.1) is 12.3 Å². The molecule has 0 aliphatic heterocycles. The summed E-state index contributed by atoms with van der Waals surface area (Å²) in [5, 5.41) is 2.69. The maximum absolute atomic E-state index is 2.35. The van der Waals surface area contributed by atoms with Gasteiger partial charge in [0.2, 0.25) is 0 Å². The summed E-state index contributed by atoms with van der Waals surface area (Å²) in [6, 6.07) is 6.65. The smallest absolute Gasteiger partial charge is 0.00193 e. The van der Waals surface area contributed by atoms with Crippen LogP contribution in [-0.2, 0) is 0 Å². The van der Waals surface area contributed by atoms with Crippen LogP contribution in [0.15, 0.2) is 29.8 Å². The van der Waals surface area contributed by atoms with Gasteiger partial charge < -0.3 is 0 Å². The molecular formula is C15H18. The van der Waals surface area contributed by atoms with Gasteiger partial charge in [-0.15, -0.1) is 0 Å². The Morgan fingerprint density at radius 2 is 1.67 bits per heavy atom. The van der Waals surface area contributed by atoms with Crippen LogP contribution in [0.2, 0.25) is 0 Å². The van der Waals surface area contributed by atoms with Crippen LogP contribution in [0.3, 0.4) is 0 Å². The molecule has 1 aliphatic carbocycles. The van der Waals surface area contributed by atoms with E-state index in [1.807, 2.05) is 0 Å². The molecule has 78 valence electrons. The maximum Gasteiger partial charge on any atom is 0.00193 e. The summed E-state index contributed by atoms with van der Waals surface area (Å²) in [5.41, 5.74) is 2.83. The molecule has 1 aromatic rings. The Hall–Kier alpha value is -1.30. The Labute approximate surface area is 91.6 Å². The van der Waals surface area contributed by atoms with E-state index in [9.17, 15) is 0 Å². The van der Waals surface area contributed by atoms with E-state index in [0.29, 0.717) is 0 Å². The van der Waals surface area contributed by atoms with Crippen LogP contribution in [0.1, 0.15) is 26.3 Å². The molecule has 0 saturated heterocycles. The lowest BCUT2D eigenvalue weighted by Crippen LogP contribution is -2.25. The minimum Gasteiger partial charge on any atom is -0.0721 e. The van der Waals surface area contributed by atoms with Crippen molar-refractivity contribution in [2.24, 2.45) is 5.41 Å². The third-order valence-electron chi connectivity index (χ3n) is 2.75. The van der Waals surface area contributed by atoms with Crippen LogP contribution >= 0.6 is 0 Å². The van der Waals surface area contributed by atoms with Gasteiger partial charge in [-0.2, -0.15) is 0 Å². The Kier molecular flexibility index (Phi) is 2.30. The van der Waals surface area contributed by atoms with Crippen molar-refractivity contribution < 1.29 is 0 Å². The van der Waals surface area contributed by atoms with Crippen molar-refractivity contribution in [2.45, 2.75) is 27.7 Å². The third-order valence-corrected chi connectivity index (χ3v) is 2.75. The average Bonchev–Trinajstić information content (AvgIpc) is 2.17. The van der Waals surface area contributed by atoms with Crippen molar-refractivity contribution in [1.82, 2.24) is 0 Å². The van der Waals surface area contributed by atoms with E-state index >= 15 is 0 Å². The second kappa shape index (κ2) is 3.37. The first-order valence-corrected chi connectivity index (χ1v) is 5.47. The largest absolute Gasteiger partial charge is 0.0721 e. The first-order chi connectivity index (χ1) is 6.96. The summed E-state index contributed by atoms with van der Waals surface area (Å²) >= 11 is 0. The maximum atomic E-state index is 2.35. The molecule has 0 nitrogen and oxygen atoms in total. The average molecular weight is 198 g/mol. The summed E-state index contributed by atoms with van der Waals surface area (Å²) in [6.07, 6.45) is 6.94. The first-order valence-electron chi connectivity index (χ1n) is 5.47. The van der Waals surface area contributed by atoms with Gasteiger partial charge in [-0.1, -0.05) is 61.4 Å². The molecule has 2 rings (SSSR count). The normalized spacial score (nSPS) is 18.0. The first kappa shape index (κ1) is 10.2. The van der Waals surface area contributed by atoms with Gasteiger partial charge in [-0.3, -0.25) is 0 Å². The van der Waals surface area contributed by atoms with E-state index in [1.165, 1.54) is 21.6 Å². The van der Waals surface area contributed by atoms with Crippen molar-refractivity contribution >= 4 is 12.2 Å². The second-order valence-electron chi connectivity index (χ2n) is 5.13. The zero-order valence-electron chi connectivity index (χ0n) is 9.96. The Morgan fingerprint density at radius 1 is 0.933 bits per heavy atom. The van der Waals surface area contributed by atoms with Gasteiger partial charge in [0, 0.05) is 5.41 Å². The quantitative estimate of drug-likeness (QED) is 0.601. The highest BCUT2D eigenvalue weighted by Gasteiger charge is 2.12. The molecule has 0 saturated carbocycles. The summed E-state index contributed by atoms with van der Waals surface area (Å²) in [6.45, 7) is 8.82. The van der Waals surface area contributed by atoms with Crippen molar-refractivity contribution in [1.29, 1.82) is 0 Å². The topological polar surface area (TPSA) is 0 Å². The molecule has 1 aromatic carbocycles. The Morgan fingerprint density at radius 3 is 2.40 bits per heavy atom. The Balaban J connectivity index is 2.81. The fourth-order valence-electron chi connectivity index (χ4n) is 2.27. The van der Waals surface area contributed by atoms with Crippen LogP contribution < -0.4 is 10.4 Å². The van der Waals surface area contributed by atoms with Gasteiger partial charge in [-0.25, -0.2) is 0 Å². The van der Waals surface area contributed by atoms with Gasteiger partial charge in [0.1, 0.15) is 0 Å². The minimum absolute atomic E-state index is 0.152. The van der Waals surface area contributed by atoms with Crippen LogP contribution in [-0.4, -0.2) is 0 Å². The van der Waals surface area contributed by atoms with Gasteiger partial charge in [0.25, 0.3) is 0 Å². The summed E-state index contributed by atoms with van der Waals surface area (Å²) in [4.78, 5) is 0. The molecule has 0 amide bonds. The van der Waals surface area contributed by atoms with Gasteiger partial charge in [0.15, 0.2) is 0 Å². The summed E-state index contributed by atoms with van der Waals surface area (Å²) < 4.78 is 0. The molecule has 0 atom stereocenters. The van der Waals surface area contributed by atoms with Crippen LogP contribution in [0.5, 0.6) is 0 Å². The number of fused-ring (bicyclic) bond motifs is 1. The molecule has 0 heteroatoms. The molecule has 0 aromatic heterocycles. The van der Waals surface area contributed by atoms with E-state index in [1.54, 1.807) is 0 Å². The zero-order valence-corrected chi connectivity index (χ0v) is 9.96. The molecule has 0 N–H and O–H groups in total. The SMILES string of the molecule is CC1=CC(C)(C)C=c2cc(C)ccc2=C1. The number of allylic oxidation sites excluding steroid dienone is 2. The molecule has 1 aliphatic rings. The molecule has 0 fully saturated rings. The lowest BCUT2D eigenvalue weighted by atomic mass is 9.91. The summed E-state index contributed by atoms with van der Waals surface area (Å²) in [5.74, 6) is 0. The third kappa shape index (κ3) is 2.20. The van der Waals surface area contributed by atoms with Crippen LogP contribution in [0.4, 0.5) is 0 Å². The second-order valence-corrected chi connectivity index (χ2v) is 5.13. The highest BCUT2D eigenvalue weighted by atomic mass is 14.2. The van der Waals surface area contributed by atoms with E-state index in [4.69, 9.17) is 0 Å². The fraction of sp³-hybridized carbons (Fsp3) is 0.333.